The fourth-order valence-electron chi connectivity index (χ4n) is 2.28. The molecule has 0 atom stereocenters. The first-order valence-electron chi connectivity index (χ1n) is 6.62. The minimum Gasteiger partial charge on any atom is -0.346 e. The van der Waals surface area contributed by atoms with Crippen LogP contribution in [0, 0.1) is 0 Å². The number of hydrogen-bond acceptors (Lipinski definition) is 3. The number of nitrogens with one attached hydrogen (secondary N) is 2. The van der Waals surface area contributed by atoms with E-state index < -0.39 is 0 Å². The Labute approximate surface area is 117 Å². The summed E-state index contributed by atoms with van der Waals surface area (Å²) < 4.78 is 0. The van der Waals surface area contributed by atoms with E-state index in [9.17, 15) is 0 Å². The van der Waals surface area contributed by atoms with Gasteiger partial charge >= 0.3 is 0 Å². The molecule has 2 aromatic heterocycles. The molecule has 2 heterocycles. The first kappa shape index (κ1) is 12.4. The van der Waals surface area contributed by atoms with Crippen LogP contribution in [0.2, 0.25) is 0 Å². The van der Waals surface area contributed by atoms with Gasteiger partial charge in [0.15, 0.2) is 0 Å². The third kappa shape index (κ3) is 2.16. The number of fused-ring (bicyclic) bond motifs is 1. The summed E-state index contributed by atoms with van der Waals surface area (Å²) in [4.78, 5) is 11.8. The van der Waals surface area contributed by atoms with Gasteiger partial charge in [0, 0.05) is 11.9 Å². The van der Waals surface area contributed by atoms with Crippen LogP contribution < -0.4 is 5.32 Å². The number of H-pyrrole nitrogens is 1. The molecule has 0 fully saturated rings. The Kier molecular flexibility index (Phi) is 3.21. The van der Waals surface area contributed by atoms with E-state index in [1.54, 1.807) is 6.33 Å². The fourth-order valence-corrected chi connectivity index (χ4v) is 2.28. The summed E-state index contributed by atoms with van der Waals surface area (Å²) in [6.07, 6.45) is 6.33. The molecule has 2 N–H and O–H groups in total. The third-order valence-corrected chi connectivity index (χ3v) is 3.32. The Morgan fingerprint density at radius 1 is 1.35 bits per heavy atom. The van der Waals surface area contributed by atoms with Crippen LogP contribution in [0.15, 0.2) is 43.4 Å². The Hall–Kier alpha value is -2.62. The van der Waals surface area contributed by atoms with Gasteiger partial charge in [0.2, 0.25) is 0 Å². The lowest BCUT2D eigenvalue weighted by molar-refractivity contribution is 1.15. The monoisotopic (exact) mass is 264 g/mol. The average Bonchev–Trinajstić information content (AvgIpc) is 2.92. The molecule has 4 nitrogen and oxygen atoms in total. The maximum atomic E-state index is 4.37. The zero-order valence-corrected chi connectivity index (χ0v) is 11.4. The molecule has 0 aliphatic carbocycles. The summed E-state index contributed by atoms with van der Waals surface area (Å²) in [5, 5.41) is 4.42. The van der Waals surface area contributed by atoms with Gasteiger partial charge in [-0.15, -0.1) is 0 Å². The highest BCUT2D eigenvalue weighted by Crippen LogP contribution is 2.26. The molecule has 0 spiro atoms. The quantitative estimate of drug-likeness (QED) is 0.751. The predicted octanol–water partition coefficient (Wildman–Crippen LogP) is 3.91. The van der Waals surface area contributed by atoms with Gasteiger partial charge in [0.1, 0.15) is 17.8 Å². The zero-order valence-electron chi connectivity index (χ0n) is 11.4. The molecular formula is C16H16N4. The van der Waals surface area contributed by atoms with Crippen molar-refractivity contribution in [1.29, 1.82) is 0 Å². The summed E-state index contributed by atoms with van der Waals surface area (Å²) in [5.41, 5.74) is 4.14. The first-order valence-corrected chi connectivity index (χ1v) is 6.62. The third-order valence-electron chi connectivity index (χ3n) is 3.32. The Bertz CT molecular complexity index is 758. The SMILES string of the molecule is C=Cc1cccc(Nc2ncnc3[nH]cc(CC)c23)c1. The molecule has 3 aromatic rings. The molecule has 0 saturated carbocycles. The van der Waals surface area contributed by atoms with Gasteiger partial charge < -0.3 is 10.3 Å². The normalized spacial score (nSPS) is 10.7. The van der Waals surface area contributed by atoms with Gasteiger partial charge in [-0.2, -0.15) is 0 Å². The van der Waals surface area contributed by atoms with Gasteiger partial charge in [0.25, 0.3) is 0 Å². The van der Waals surface area contributed by atoms with Crippen LogP contribution in [-0.4, -0.2) is 15.0 Å². The summed E-state index contributed by atoms with van der Waals surface area (Å²) in [6.45, 7) is 5.91. The molecule has 3 rings (SSSR count). The van der Waals surface area contributed by atoms with Crippen LogP contribution in [0.5, 0.6) is 0 Å². The number of nitrogens with zero attached hydrogens (tertiary/aromatic N) is 2. The highest BCUT2D eigenvalue weighted by atomic mass is 15.0. The Morgan fingerprint density at radius 3 is 3.05 bits per heavy atom. The number of aromatic amines is 1. The lowest BCUT2D eigenvalue weighted by Crippen LogP contribution is -1.96. The molecule has 0 aliphatic rings. The topological polar surface area (TPSA) is 53.6 Å². The number of aryl methyl sites for hydroxylation is 1. The molecule has 0 radical (unpaired) electrons. The lowest BCUT2D eigenvalue weighted by Gasteiger charge is -2.08. The fraction of sp³-hybridized carbons (Fsp3) is 0.125. The van der Waals surface area contributed by atoms with E-state index in [0.29, 0.717) is 0 Å². The highest BCUT2D eigenvalue weighted by Gasteiger charge is 2.09. The Morgan fingerprint density at radius 2 is 2.25 bits per heavy atom. The van der Waals surface area contributed by atoms with Crippen molar-refractivity contribution in [2.45, 2.75) is 13.3 Å². The molecular weight excluding hydrogens is 248 g/mol. The van der Waals surface area contributed by atoms with Crippen molar-refractivity contribution in [3.05, 3.63) is 54.5 Å². The number of aromatic nitrogens is 3. The van der Waals surface area contributed by atoms with Crippen molar-refractivity contribution >= 4 is 28.6 Å². The van der Waals surface area contributed by atoms with Crippen LogP contribution in [0.3, 0.4) is 0 Å². The molecule has 20 heavy (non-hydrogen) atoms. The standard InChI is InChI=1S/C16H16N4/c1-3-11-6-5-7-13(8-11)20-16-14-12(4-2)9-17-15(14)18-10-19-16/h3,5-10H,1,4H2,2H3,(H2,17,18,19,20). The highest BCUT2D eigenvalue weighted by molar-refractivity contribution is 5.92. The molecule has 1 aromatic carbocycles. The maximum Gasteiger partial charge on any atom is 0.143 e. The van der Waals surface area contributed by atoms with Crippen molar-refractivity contribution < 1.29 is 0 Å². The summed E-state index contributed by atoms with van der Waals surface area (Å²) >= 11 is 0. The summed E-state index contributed by atoms with van der Waals surface area (Å²) in [6, 6.07) is 8.07. The van der Waals surface area contributed by atoms with Gasteiger partial charge in [-0.1, -0.05) is 31.7 Å². The minimum absolute atomic E-state index is 0.828. The zero-order chi connectivity index (χ0) is 13.9. The van der Waals surface area contributed by atoms with Crippen LogP contribution in [0.1, 0.15) is 18.1 Å². The van der Waals surface area contributed by atoms with Crippen molar-refractivity contribution in [2.75, 3.05) is 5.32 Å². The summed E-state index contributed by atoms with van der Waals surface area (Å²) in [7, 11) is 0. The molecule has 100 valence electrons. The second kappa shape index (κ2) is 5.17. The summed E-state index contributed by atoms with van der Waals surface area (Å²) in [5.74, 6) is 0.828. The minimum atomic E-state index is 0.828. The molecule has 0 amide bonds. The Balaban J connectivity index is 2.05. The van der Waals surface area contributed by atoms with Crippen LogP contribution in [-0.2, 0) is 6.42 Å². The van der Waals surface area contributed by atoms with Crippen molar-refractivity contribution in [2.24, 2.45) is 0 Å². The lowest BCUT2D eigenvalue weighted by atomic mass is 10.1. The van der Waals surface area contributed by atoms with Gasteiger partial charge in [-0.25, -0.2) is 9.97 Å². The molecule has 0 aliphatic heterocycles. The predicted molar refractivity (Wildman–Crippen MR) is 83.1 cm³/mol. The van der Waals surface area contributed by atoms with Crippen LogP contribution >= 0.6 is 0 Å². The number of rotatable bonds is 4. The largest absolute Gasteiger partial charge is 0.346 e. The van der Waals surface area contributed by atoms with E-state index in [2.05, 4.69) is 33.8 Å². The van der Waals surface area contributed by atoms with E-state index in [4.69, 9.17) is 0 Å². The van der Waals surface area contributed by atoms with Gasteiger partial charge in [-0.3, -0.25) is 0 Å². The first-order chi connectivity index (χ1) is 9.81. The second-order valence-corrected chi connectivity index (χ2v) is 4.57. The van der Waals surface area contributed by atoms with E-state index in [1.165, 1.54) is 5.56 Å². The van der Waals surface area contributed by atoms with Crippen LogP contribution in [0.25, 0.3) is 17.1 Å². The molecule has 4 heteroatoms. The number of benzene rings is 1. The van der Waals surface area contributed by atoms with Gasteiger partial charge in [0.05, 0.1) is 5.39 Å². The van der Waals surface area contributed by atoms with Crippen molar-refractivity contribution in [3.63, 3.8) is 0 Å². The number of anilines is 2. The van der Waals surface area contributed by atoms with E-state index in [-0.39, 0.29) is 0 Å². The second-order valence-electron chi connectivity index (χ2n) is 4.57. The van der Waals surface area contributed by atoms with E-state index in [1.807, 2.05) is 36.5 Å². The van der Waals surface area contributed by atoms with E-state index in [0.717, 1.165) is 34.5 Å². The molecule has 0 unspecified atom stereocenters. The van der Waals surface area contributed by atoms with Crippen LogP contribution in [0.4, 0.5) is 11.5 Å². The number of hydrogen-bond donors (Lipinski definition) is 2. The van der Waals surface area contributed by atoms with Crippen molar-refractivity contribution in [3.8, 4) is 0 Å². The smallest absolute Gasteiger partial charge is 0.143 e. The van der Waals surface area contributed by atoms with E-state index >= 15 is 0 Å². The average molecular weight is 264 g/mol. The maximum absolute atomic E-state index is 4.37. The molecule has 0 bridgehead atoms. The van der Waals surface area contributed by atoms with Gasteiger partial charge in [-0.05, 0) is 29.7 Å². The molecule has 0 saturated heterocycles. The van der Waals surface area contributed by atoms with Crippen molar-refractivity contribution in [1.82, 2.24) is 15.0 Å².